The molecular weight excluding hydrogens is 522 g/mol. The number of thiazole rings is 1. The summed E-state index contributed by atoms with van der Waals surface area (Å²) < 4.78 is 46.1. The minimum atomic E-state index is -4.56. The molecule has 1 N–H and O–H groups in total. The van der Waals surface area contributed by atoms with E-state index in [1.807, 2.05) is 6.92 Å². The third-order valence-electron chi connectivity index (χ3n) is 5.09. The van der Waals surface area contributed by atoms with Crippen molar-refractivity contribution in [3.05, 3.63) is 63.1 Å². The number of rotatable bonds is 10. The van der Waals surface area contributed by atoms with Crippen LogP contribution in [0.5, 0.6) is 5.75 Å². The van der Waals surface area contributed by atoms with E-state index in [-0.39, 0.29) is 30.4 Å². The topological polar surface area (TPSA) is 54.5 Å². The minimum Gasteiger partial charge on any atom is -0.493 e. The summed E-state index contributed by atoms with van der Waals surface area (Å²) in [4.78, 5) is 18.4. The molecule has 3 aromatic rings. The van der Waals surface area contributed by atoms with E-state index in [0.717, 1.165) is 18.9 Å². The predicted octanol–water partition coefficient (Wildman–Crippen LogP) is 7.99. The molecule has 0 bridgehead atoms. The van der Waals surface area contributed by atoms with Gasteiger partial charge in [0.25, 0.3) is 0 Å². The van der Waals surface area contributed by atoms with Crippen molar-refractivity contribution in [2.75, 3.05) is 23.9 Å². The third-order valence-corrected chi connectivity index (χ3v) is 6.64. The molecule has 188 valence electrons. The molecule has 0 aliphatic carbocycles. The van der Waals surface area contributed by atoms with E-state index in [4.69, 9.17) is 27.9 Å². The molecule has 0 atom stereocenters. The average molecular weight is 546 g/mol. The van der Waals surface area contributed by atoms with Crippen LogP contribution in [0.25, 0.3) is 0 Å². The number of anilines is 3. The van der Waals surface area contributed by atoms with Crippen molar-refractivity contribution in [2.45, 2.75) is 38.8 Å². The summed E-state index contributed by atoms with van der Waals surface area (Å²) in [5, 5.41) is 5.65. The van der Waals surface area contributed by atoms with Gasteiger partial charge in [0.05, 0.1) is 34.3 Å². The Morgan fingerprint density at radius 2 is 1.91 bits per heavy atom. The number of carbonyl (C=O) groups excluding carboxylic acids is 1. The smallest absolute Gasteiger partial charge is 0.420 e. The van der Waals surface area contributed by atoms with Crippen LogP contribution in [-0.2, 0) is 17.4 Å². The molecule has 0 fully saturated rings. The van der Waals surface area contributed by atoms with E-state index in [0.29, 0.717) is 33.0 Å². The summed E-state index contributed by atoms with van der Waals surface area (Å²) in [6, 6.07) is 8.68. The first-order valence-electron chi connectivity index (χ1n) is 10.9. The van der Waals surface area contributed by atoms with Gasteiger partial charge in [-0.2, -0.15) is 13.2 Å². The van der Waals surface area contributed by atoms with Crippen LogP contribution in [-0.4, -0.2) is 24.5 Å². The second-order valence-electron chi connectivity index (χ2n) is 7.76. The number of alkyl halides is 3. The van der Waals surface area contributed by atoms with E-state index in [1.54, 1.807) is 30.6 Å². The van der Waals surface area contributed by atoms with Crippen LogP contribution in [0.4, 0.5) is 29.7 Å². The van der Waals surface area contributed by atoms with Gasteiger partial charge in [-0.3, -0.25) is 4.79 Å². The molecule has 3 rings (SSSR count). The first kappa shape index (κ1) is 27.1. The number of unbranched alkanes of at least 4 members (excludes halogenated alkanes) is 2. The molecule has 0 radical (unpaired) electrons. The molecule has 0 saturated heterocycles. The van der Waals surface area contributed by atoms with E-state index >= 15 is 0 Å². The number of ether oxygens (including phenoxy) is 1. The number of hydrogen-bond acceptors (Lipinski definition) is 5. The molecule has 1 heterocycles. The second kappa shape index (κ2) is 12.0. The highest BCUT2D eigenvalue weighted by atomic mass is 35.5. The number of likely N-dealkylation sites (N-methyl/N-ethyl adjacent to an activating group) is 1. The Balaban J connectivity index is 1.67. The fourth-order valence-corrected chi connectivity index (χ4v) is 4.19. The zero-order chi connectivity index (χ0) is 25.6. The molecule has 5 nitrogen and oxygen atoms in total. The summed E-state index contributed by atoms with van der Waals surface area (Å²) in [6.45, 7) is 2.24. The number of nitrogens with one attached hydrogen (secondary N) is 1. The van der Waals surface area contributed by atoms with Gasteiger partial charge >= 0.3 is 6.18 Å². The van der Waals surface area contributed by atoms with Crippen LogP contribution >= 0.6 is 34.5 Å². The van der Waals surface area contributed by atoms with Crippen LogP contribution in [0.1, 0.15) is 37.4 Å². The monoisotopic (exact) mass is 545 g/mol. The predicted molar refractivity (Wildman–Crippen MR) is 135 cm³/mol. The van der Waals surface area contributed by atoms with Crippen LogP contribution < -0.4 is 15.0 Å². The Hall–Kier alpha value is -2.49. The molecular formula is C24H24Cl2F3N3O2S. The highest BCUT2D eigenvalue weighted by Crippen LogP contribution is 2.38. The van der Waals surface area contributed by atoms with Crippen LogP contribution in [0.15, 0.2) is 41.8 Å². The van der Waals surface area contributed by atoms with Crippen molar-refractivity contribution in [2.24, 2.45) is 0 Å². The Bertz CT molecular complexity index is 1170. The van der Waals surface area contributed by atoms with Crippen molar-refractivity contribution in [1.29, 1.82) is 0 Å². The highest BCUT2D eigenvalue weighted by molar-refractivity contribution is 7.13. The lowest BCUT2D eigenvalue weighted by Crippen LogP contribution is -2.27. The first-order chi connectivity index (χ1) is 16.6. The van der Waals surface area contributed by atoms with Crippen molar-refractivity contribution in [3.63, 3.8) is 0 Å². The summed E-state index contributed by atoms with van der Waals surface area (Å²) >= 11 is 13.1. The van der Waals surface area contributed by atoms with E-state index in [2.05, 4.69) is 10.3 Å². The molecule has 0 spiro atoms. The quantitative estimate of drug-likeness (QED) is 0.262. The molecule has 0 unspecified atom stereocenters. The first-order valence-corrected chi connectivity index (χ1v) is 12.5. The number of nitrogens with zero attached hydrogens (tertiary/aromatic N) is 2. The Labute approximate surface area is 215 Å². The van der Waals surface area contributed by atoms with E-state index in [1.165, 1.54) is 28.4 Å². The summed E-state index contributed by atoms with van der Waals surface area (Å²) in [6.07, 6.45) is -2.03. The maximum Gasteiger partial charge on any atom is 0.420 e. The fraction of sp³-hybridized carbons (Fsp3) is 0.333. The zero-order valence-corrected chi connectivity index (χ0v) is 21.4. The van der Waals surface area contributed by atoms with Gasteiger partial charge < -0.3 is 15.0 Å². The molecule has 0 aliphatic rings. The van der Waals surface area contributed by atoms with Gasteiger partial charge in [-0.1, -0.05) is 43.0 Å². The zero-order valence-electron chi connectivity index (χ0n) is 19.1. The molecule has 2 aromatic carbocycles. The highest BCUT2D eigenvalue weighted by Gasteiger charge is 2.34. The second-order valence-corrected chi connectivity index (χ2v) is 9.43. The van der Waals surface area contributed by atoms with E-state index in [9.17, 15) is 18.0 Å². The minimum absolute atomic E-state index is 0.00721. The number of hydrogen-bond donors (Lipinski definition) is 1. The number of amides is 1. The molecule has 0 saturated carbocycles. The fourth-order valence-electron chi connectivity index (χ4n) is 3.17. The number of aromatic nitrogens is 1. The Morgan fingerprint density at radius 1 is 1.14 bits per heavy atom. The van der Waals surface area contributed by atoms with Crippen molar-refractivity contribution >= 4 is 57.0 Å². The van der Waals surface area contributed by atoms with Crippen LogP contribution in [0, 0.1) is 0 Å². The van der Waals surface area contributed by atoms with Gasteiger partial charge in [0, 0.05) is 23.8 Å². The Kier molecular flexibility index (Phi) is 9.27. The lowest BCUT2D eigenvalue weighted by atomic mass is 10.1. The summed E-state index contributed by atoms with van der Waals surface area (Å²) in [5.74, 6) is -0.431. The average Bonchev–Trinajstić information content (AvgIpc) is 3.24. The van der Waals surface area contributed by atoms with Gasteiger partial charge in [0.15, 0.2) is 5.13 Å². The van der Waals surface area contributed by atoms with Gasteiger partial charge in [0.2, 0.25) is 5.91 Å². The SMILES string of the molecule is CCCCCOc1ccc(Nc2nc(CC(=O)N(C)c3ccc(Cl)c(Cl)c3)cs2)cc1C(F)(F)F. The van der Waals surface area contributed by atoms with Gasteiger partial charge in [-0.15, -0.1) is 11.3 Å². The third kappa shape index (κ3) is 7.49. The molecule has 11 heteroatoms. The number of halogens is 5. The number of benzene rings is 2. The standard InChI is InChI=1S/C24H24Cl2F3N3O2S/c1-3-4-5-10-34-21-9-6-15(11-18(21)24(27,28)29)30-23-31-16(14-35-23)12-22(33)32(2)17-7-8-19(25)20(26)13-17/h6-9,11,13-14H,3-5,10,12H2,1-2H3,(H,30,31). The lowest BCUT2D eigenvalue weighted by Gasteiger charge is -2.17. The molecule has 1 amide bonds. The van der Waals surface area contributed by atoms with Crippen molar-refractivity contribution in [1.82, 2.24) is 4.98 Å². The molecule has 1 aromatic heterocycles. The van der Waals surface area contributed by atoms with Gasteiger partial charge in [-0.05, 0) is 42.8 Å². The van der Waals surface area contributed by atoms with E-state index < -0.39 is 11.7 Å². The number of carbonyl (C=O) groups is 1. The maximum absolute atomic E-state index is 13.6. The lowest BCUT2D eigenvalue weighted by molar-refractivity contribution is -0.138. The van der Waals surface area contributed by atoms with Crippen molar-refractivity contribution in [3.8, 4) is 5.75 Å². The molecule has 0 aliphatic heterocycles. The summed E-state index contributed by atoms with van der Waals surface area (Å²) in [5.41, 5.74) is 0.434. The van der Waals surface area contributed by atoms with Crippen LogP contribution in [0.3, 0.4) is 0 Å². The molecule has 35 heavy (non-hydrogen) atoms. The normalized spacial score (nSPS) is 11.4. The maximum atomic E-state index is 13.6. The Morgan fingerprint density at radius 3 is 2.60 bits per heavy atom. The van der Waals surface area contributed by atoms with Crippen molar-refractivity contribution < 1.29 is 22.7 Å². The largest absolute Gasteiger partial charge is 0.493 e. The summed E-state index contributed by atoms with van der Waals surface area (Å²) in [7, 11) is 1.61. The van der Waals surface area contributed by atoms with Gasteiger partial charge in [-0.25, -0.2) is 4.98 Å². The van der Waals surface area contributed by atoms with Crippen LogP contribution in [0.2, 0.25) is 10.0 Å². The van der Waals surface area contributed by atoms with Gasteiger partial charge in [0.1, 0.15) is 5.75 Å².